The van der Waals surface area contributed by atoms with Gasteiger partial charge in [0.1, 0.15) is 24.4 Å². The SMILES string of the molecule is CC/C=C\C/C=C\C/C=C\C/C=C\C/C=C\CCC(O)C(=O)NC(COC1OC(CO)C(O)C(O)C1OC(=O)CCCCCCCCCCCCC)C(O)/C=C/CCCCCCCCCCCC. The molecule has 1 amide bonds. The van der Waals surface area contributed by atoms with E-state index in [1.807, 2.05) is 18.2 Å². The highest BCUT2D eigenvalue weighted by atomic mass is 16.7. The first-order chi connectivity index (χ1) is 33.2. The zero-order valence-electron chi connectivity index (χ0n) is 43.0. The van der Waals surface area contributed by atoms with Crippen LogP contribution in [-0.2, 0) is 23.8 Å². The fraction of sp³-hybridized carbons (Fsp3) is 0.754. The van der Waals surface area contributed by atoms with Gasteiger partial charge < -0.3 is 45.1 Å². The molecule has 1 saturated heterocycles. The number of esters is 1. The van der Waals surface area contributed by atoms with E-state index in [-0.39, 0.29) is 19.4 Å². The molecule has 0 aromatic carbocycles. The summed E-state index contributed by atoms with van der Waals surface area (Å²) in [6.45, 7) is 5.59. The number of rotatable bonds is 44. The van der Waals surface area contributed by atoms with Gasteiger partial charge in [0.2, 0.25) is 5.91 Å². The highest BCUT2D eigenvalue weighted by Crippen LogP contribution is 2.26. The van der Waals surface area contributed by atoms with Crippen LogP contribution in [0.2, 0.25) is 0 Å². The van der Waals surface area contributed by atoms with E-state index < -0.39 is 67.4 Å². The normalized spacial score (nSPS) is 20.5. The Morgan fingerprint density at radius 1 is 0.588 bits per heavy atom. The van der Waals surface area contributed by atoms with Gasteiger partial charge in [-0.25, -0.2) is 0 Å². The summed E-state index contributed by atoms with van der Waals surface area (Å²) in [5.74, 6) is -1.26. The predicted octanol–water partition coefficient (Wildman–Crippen LogP) is 11.7. The van der Waals surface area contributed by atoms with Crippen LogP contribution in [0.4, 0.5) is 0 Å². The maximum absolute atomic E-state index is 13.3. The molecular weight excluding hydrogens is 859 g/mol. The van der Waals surface area contributed by atoms with E-state index in [1.165, 1.54) is 89.9 Å². The highest BCUT2D eigenvalue weighted by molar-refractivity contribution is 5.80. The fourth-order valence-corrected chi connectivity index (χ4v) is 8.04. The van der Waals surface area contributed by atoms with Crippen molar-refractivity contribution < 1.29 is 49.3 Å². The van der Waals surface area contributed by atoms with E-state index in [4.69, 9.17) is 14.2 Å². The quantitative estimate of drug-likeness (QED) is 0.0196. The van der Waals surface area contributed by atoms with Crippen molar-refractivity contribution in [3.05, 3.63) is 72.9 Å². The molecular formula is C57H99NO10. The lowest BCUT2D eigenvalue weighted by Crippen LogP contribution is -2.61. The first kappa shape index (κ1) is 63.1. The minimum absolute atomic E-state index is 0.116. The van der Waals surface area contributed by atoms with Crippen molar-refractivity contribution >= 4 is 11.9 Å². The van der Waals surface area contributed by atoms with E-state index in [0.717, 1.165) is 77.0 Å². The van der Waals surface area contributed by atoms with Crippen LogP contribution in [0.3, 0.4) is 0 Å². The molecule has 11 nitrogen and oxygen atoms in total. The van der Waals surface area contributed by atoms with Gasteiger partial charge in [0, 0.05) is 6.42 Å². The summed E-state index contributed by atoms with van der Waals surface area (Å²) in [4.78, 5) is 26.3. The monoisotopic (exact) mass is 958 g/mol. The van der Waals surface area contributed by atoms with E-state index in [0.29, 0.717) is 12.8 Å². The van der Waals surface area contributed by atoms with Crippen LogP contribution < -0.4 is 5.32 Å². The lowest BCUT2D eigenvalue weighted by Gasteiger charge is -2.41. The second-order valence-corrected chi connectivity index (χ2v) is 18.6. The molecule has 11 heteroatoms. The van der Waals surface area contributed by atoms with Gasteiger partial charge in [-0.2, -0.15) is 0 Å². The van der Waals surface area contributed by atoms with Gasteiger partial charge in [-0.05, 0) is 64.2 Å². The van der Waals surface area contributed by atoms with Crippen LogP contribution in [0.5, 0.6) is 0 Å². The molecule has 392 valence electrons. The topological polar surface area (TPSA) is 175 Å². The van der Waals surface area contributed by atoms with E-state index >= 15 is 0 Å². The molecule has 0 aliphatic carbocycles. The van der Waals surface area contributed by atoms with Gasteiger partial charge in [-0.3, -0.25) is 9.59 Å². The van der Waals surface area contributed by atoms with Crippen molar-refractivity contribution in [3.8, 4) is 0 Å². The average molecular weight is 958 g/mol. The van der Waals surface area contributed by atoms with E-state index in [1.54, 1.807) is 6.08 Å². The summed E-state index contributed by atoms with van der Waals surface area (Å²) >= 11 is 0. The molecule has 8 atom stereocenters. The Kier molecular flexibility index (Phi) is 42.0. The Bertz CT molecular complexity index is 1380. The van der Waals surface area contributed by atoms with Gasteiger partial charge in [-0.1, -0.05) is 216 Å². The molecule has 0 bridgehead atoms. The van der Waals surface area contributed by atoms with Gasteiger partial charge in [-0.15, -0.1) is 0 Å². The minimum Gasteiger partial charge on any atom is -0.454 e. The predicted molar refractivity (Wildman–Crippen MR) is 278 cm³/mol. The number of carbonyl (C=O) groups excluding carboxylic acids is 2. The third kappa shape index (κ3) is 33.6. The van der Waals surface area contributed by atoms with Gasteiger partial charge >= 0.3 is 5.97 Å². The molecule has 6 N–H and O–H groups in total. The second-order valence-electron chi connectivity index (χ2n) is 18.6. The Balaban J connectivity index is 2.82. The second kappa shape index (κ2) is 45.3. The number of carbonyl (C=O) groups is 2. The molecule has 0 radical (unpaired) electrons. The molecule has 1 heterocycles. The van der Waals surface area contributed by atoms with Crippen molar-refractivity contribution in [2.24, 2.45) is 0 Å². The molecule has 1 aliphatic heterocycles. The standard InChI is InChI=1S/C57H99NO10/c1-4-7-10-13-16-19-22-24-25-26-27-30-32-35-38-41-44-50(61)56(65)58-48(49(60)43-40-37-34-31-29-23-20-17-14-11-8-5-2)47-66-57-55(54(64)53(63)51(46-59)67-57)68-52(62)45-42-39-36-33-28-21-18-15-12-9-6-3/h7,10,16,19,24-25,27,30,35,38,40,43,48-51,53-55,57,59-61,63-64H,4-6,8-9,11-15,17-18,20-23,26,28-29,31-34,36-37,39,41-42,44-47H2,1-3H3,(H,58,65)/b10-7-,19-16-,25-24-,30-27-,38-35-,43-40+. The molecule has 0 aromatic rings. The number of ether oxygens (including phenoxy) is 3. The molecule has 0 spiro atoms. The molecule has 8 unspecified atom stereocenters. The van der Waals surface area contributed by atoms with Crippen molar-refractivity contribution in [1.29, 1.82) is 0 Å². The number of amides is 1. The number of allylic oxidation sites excluding steroid dienone is 11. The zero-order chi connectivity index (χ0) is 49.7. The first-order valence-corrected chi connectivity index (χ1v) is 27.2. The zero-order valence-corrected chi connectivity index (χ0v) is 43.0. The number of unbranched alkanes of at least 4 members (excludes halogenated alkanes) is 20. The van der Waals surface area contributed by atoms with Crippen LogP contribution in [-0.4, -0.2) is 99.6 Å². The molecule has 1 aliphatic rings. The van der Waals surface area contributed by atoms with E-state index in [2.05, 4.69) is 74.7 Å². The largest absolute Gasteiger partial charge is 0.454 e. The van der Waals surface area contributed by atoms with Gasteiger partial charge in [0.25, 0.3) is 0 Å². The van der Waals surface area contributed by atoms with Crippen LogP contribution in [0.1, 0.15) is 213 Å². The summed E-state index contributed by atoms with van der Waals surface area (Å²) in [7, 11) is 0. The average Bonchev–Trinajstić information content (AvgIpc) is 3.33. The molecule has 68 heavy (non-hydrogen) atoms. The van der Waals surface area contributed by atoms with Gasteiger partial charge in [0.15, 0.2) is 12.4 Å². The van der Waals surface area contributed by atoms with E-state index in [9.17, 15) is 35.1 Å². The number of hydrogen-bond acceptors (Lipinski definition) is 10. The maximum Gasteiger partial charge on any atom is 0.306 e. The van der Waals surface area contributed by atoms with Crippen molar-refractivity contribution in [1.82, 2.24) is 5.32 Å². The lowest BCUT2D eigenvalue weighted by atomic mass is 9.99. The molecule has 0 saturated carbocycles. The molecule has 1 fully saturated rings. The van der Waals surface area contributed by atoms with Crippen molar-refractivity contribution in [3.63, 3.8) is 0 Å². The molecule has 0 aromatic heterocycles. The smallest absolute Gasteiger partial charge is 0.306 e. The van der Waals surface area contributed by atoms with Crippen LogP contribution in [0, 0.1) is 0 Å². The number of nitrogens with one attached hydrogen (secondary N) is 1. The van der Waals surface area contributed by atoms with Crippen LogP contribution >= 0.6 is 0 Å². The Morgan fingerprint density at radius 3 is 1.56 bits per heavy atom. The maximum atomic E-state index is 13.3. The minimum atomic E-state index is -1.62. The van der Waals surface area contributed by atoms with Crippen molar-refractivity contribution in [2.75, 3.05) is 13.2 Å². The van der Waals surface area contributed by atoms with Gasteiger partial charge in [0.05, 0.1) is 25.4 Å². The number of hydrogen-bond donors (Lipinski definition) is 6. The fourth-order valence-electron chi connectivity index (χ4n) is 8.04. The molecule has 1 rings (SSSR count). The summed E-state index contributed by atoms with van der Waals surface area (Å²) in [5, 5.41) is 56.6. The third-order valence-electron chi connectivity index (χ3n) is 12.4. The summed E-state index contributed by atoms with van der Waals surface area (Å²) in [6, 6.07) is -1.05. The third-order valence-corrected chi connectivity index (χ3v) is 12.4. The Morgan fingerprint density at radius 2 is 1.06 bits per heavy atom. The summed E-state index contributed by atoms with van der Waals surface area (Å²) in [5.41, 5.74) is 0. The number of aliphatic hydroxyl groups is 5. The lowest BCUT2D eigenvalue weighted by molar-refractivity contribution is -0.305. The highest BCUT2D eigenvalue weighted by Gasteiger charge is 2.47. The van der Waals surface area contributed by atoms with Crippen LogP contribution in [0.25, 0.3) is 0 Å². The number of aliphatic hydroxyl groups excluding tert-OH is 5. The van der Waals surface area contributed by atoms with Crippen molar-refractivity contribution in [2.45, 2.75) is 262 Å². The Labute approximate surface area is 413 Å². The van der Waals surface area contributed by atoms with Crippen LogP contribution in [0.15, 0.2) is 72.9 Å². The summed E-state index contributed by atoms with van der Waals surface area (Å²) in [6.07, 6.45) is 45.3. The Hall–Kier alpha value is -2.90. The summed E-state index contributed by atoms with van der Waals surface area (Å²) < 4.78 is 17.5. The first-order valence-electron chi connectivity index (χ1n) is 27.2.